The third-order valence-electron chi connectivity index (χ3n) is 4.79. The number of aryl methyl sites for hydroxylation is 2. The first-order chi connectivity index (χ1) is 11.7. The lowest BCUT2D eigenvalue weighted by atomic mass is 10.1. The summed E-state index contributed by atoms with van der Waals surface area (Å²) in [5.74, 6) is 1.06. The van der Waals surface area contributed by atoms with Gasteiger partial charge in [-0.25, -0.2) is 4.98 Å². The van der Waals surface area contributed by atoms with E-state index < -0.39 is 0 Å². The Labute approximate surface area is 140 Å². The number of likely N-dealkylation sites (tertiary alicyclic amines) is 1. The predicted molar refractivity (Wildman–Crippen MR) is 91.4 cm³/mol. The number of para-hydroxylation sites is 1. The van der Waals surface area contributed by atoms with Gasteiger partial charge < -0.3 is 9.88 Å². The first-order valence-corrected chi connectivity index (χ1v) is 8.45. The number of aromatic nitrogens is 4. The van der Waals surface area contributed by atoms with Gasteiger partial charge >= 0.3 is 0 Å². The van der Waals surface area contributed by atoms with Crippen molar-refractivity contribution in [2.45, 2.75) is 38.6 Å². The zero-order valence-electron chi connectivity index (χ0n) is 13.7. The zero-order chi connectivity index (χ0) is 16.5. The van der Waals surface area contributed by atoms with Gasteiger partial charge in [-0.3, -0.25) is 9.89 Å². The molecule has 1 amide bonds. The van der Waals surface area contributed by atoms with Crippen LogP contribution in [0.5, 0.6) is 0 Å². The van der Waals surface area contributed by atoms with Crippen molar-refractivity contribution in [1.29, 1.82) is 0 Å². The fourth-order valence-corrected chi connectivity index (χ4v) is 3.55. The fourth-order valence-electron chi connectivity index (χ4n) is 3.55. The summed E-state index contributed by atoms with van der Waals surface area (Å²) < 4.78 is 0. The number of hydrogen-bond acceptors (Lipinski definition) is 3. The quantitative estimate of drug-likeness (QED) is 0.775. The molecule has 0 aliphatic carbocycles. The molecule has 6 nitrogen and oxygen atoms in total. The second-order valence-electron chi connectivity index (χ2n) is 6.41. The Hall–Kier alpha value is -2.63. The fraction of sp³-hybridized carbons (Fsp3) is 0.389. The van der Waals surface area contributed by atoms with Crippen molar-refractivity contribution < 1.29 is 4.79 Å². The van der Waals surface area contributed by atoms with Gasteiger partial charge in [-0.1, -0.05) is 12.1 Å². The molecule has 3 aromatic rings. The van der Waals surface area contributed by atoms with Gasteiger partial charge in [0.1, 0.15) is 5.82 Å². The topological polar surface area (TPSA) is 77.7 Å². The molecule has 0 saturated carbocycles. The molecule has 4 rings (SSSR count). The average molecular weight is 323 g/mol. The van der Waals surface area contributed by atoms with E-state index in [1.54, 1.807) is 6.20 Å². The van der Waals surface area contributed by atoms with E-state index in [0.29, 0.717) is 12.8 Å². The number of nitrogens with zero attached hydrogens (tertiary/aromatic N) is 3. The molecule has 1 saturated heterocycles. The van der Waals surface area contributed by atoms with Crippen LogP contribution in [0.25, 0.3) is 11.0 Å². The Bertz CT molecular complexity index is 852. The number of nitrogens with one attached hydrogen (secondary N) is 2. The molecule has 1 fully saturated rings. The van der Waals surface area contributed by atoms with E-state index in [1.807, 2.05) is 23.1 Å². The zero-order valence-corrected chi connectivity index (χ0v) is 13.7. The highest BCUT2D eigenvalue weighted by Gasteiger charge is 2.30. The van der Waals surface area contributed by atoms with E-state index in [-0.39, 0.29) is 11.9 Å². The summed E-state index contributed by atoms with van der Waals surface area (Å²) in [5.41, 5.74) is 4.21. The maximum Gasteiger partial charge on any atom is 0.223 e. The van der Waals surface area contributed by atoms with E-state index in [4.69, 9.17) is 0 Å². The minimum absolute atomic E-state index is 0.137. The van der Waals surface area contributed by atoms with Crippen molar-refractivity contribution in [2.75, 3.05) is 6.54 Å². The van der Waals surface area contributed by atoms with Crippen LogP contribution in [0.3, 0.4) is 0 Å². The van der Waals surface area contributed by atoms with Crippen LogP contribution in [-0.2, 0) is 11.2 Å². The van der Waals surface area contributed by atoms with Crippen LogP contribution in [0, 0.1) is 6.92 Å². The number of imidazole rings is 1. The molecule has 1 atom stereocenters. The average Bonchev–Trinajstić information content (AvgIpc) is 3.30. The normalized spacial score (nSPS) is 17.7. The van der Waals surface area contributed by atoms with Gasteiger partial charge in [0.05, 0.1) is 22.8 Å². The molecule has 1 unspecified atom stereocenters. The number of rotatable bonds is 4. The second kappa shape index (κ2) is 6.11. The predicted octanol–water partition coefficient (Wildman–Crippen LogP) is 2.89. The van der Waals surface area contributed by atoms with Crippen molar-refractivity contribution in [1.82, 2.24) is 25.1 Å². The van der Waals surface area contributed by atoms with Crippen LogP contribution in [0.4, 0.5) is 0 Å². The van der Waals surface area contributed by atoms with Crippen LogP contribution >= 0.6 is 0 Å². The van der Waals surface area contributed by atoms with Gasteiger partial charge in [-0.05, 0) is 37.5 Å². The van der Waals surface area contributed by atoms with E-state index in [0.717, 1.165) is 47.5 Å². The Morgan fingerprint density at radius 2 is 2.29 bits per heavy atom. The van der Waals surface area contributed by atoms with E-state index >= 15 is 0 Å². The second-order valence-corrected chi connectivity index (χ2v) is 6.41. The summed E-state index contributed by atoms with van der Waals surface area (Å²) in [5, 5.41) is 7.01. The Balaban J connectivity index is 1.45. The Morgan fingerprint density at radius 3 is 3.08 bits per heavy atom. The molecule has 124 valence electrons. The maximum absolute atomic E-state index is 12.7. The third kappa shape index (κ3) is 2.68. The summed E-state index contributed by atoms with van der Waals surface area (Å²) in [7, 11) is 0. The molecule has 3 heterocycles. The van der Waals surface area contributed by atoms with E-state index in [9.17, 15) is 4.79 Å². The van der Waals surface area contributed by atoms with Crippen LogP contribution < -0.4 is 0 Å². The minimum atomic E-state index is 0.137. The molecule has 24 heavy (non-hydrogen) atoms. The smallest absolute Gasteiger partial charge is 0.223 e. The largest absolute Gasteiger partial charge is 0.342 e. The summed E-state index contributed by atoms with van der Waals surface area (Å²) in [6, 6.07) is 8.19. The lowest BCUT2D eigenvalue weighted by Crippen LogP contribution is -2.31. The number of carbonyl (C=O) groups is 1. The van der Waals surface area contributed by atoms with Crippen LogP contribution in [0.1, 0.15) is 42.4 Å². The van der Waals surface area contributed by atoms with Crippen molar-refractivity contribution >= 4 is 16.9 Å². The number of aromatic amines is 2. The van der Waals surface area contributed by atoms with Crippen molar-refractivity contribution in [3.63, 3.8) is 0 Å². The highest BCUT2D eigenvalue weighted by molar-refractivity contribution is 5.79. The number of carbonyl (C=O) groups excluding carboxylic acids is 1. The Kier molecular flexibility index (Phi) is 3.80. The summed E-state index contributed by atoms with van der Waals surface area (Å²) in [4.78, 5) is 22.6. The van der Waals surface area contributed by atoms with Gasteiger partial charge in [0, 0.05) is 25.6 Å². The monoisotopic (exact) mass is 323 g/mol. The highest BCUT2D eigenvalue weighted by atomic mass is 16.2. The molecule has 2 aromatic heterocycles. The molecule has 2 N–H and O–H groups in total. The number of amides is 1. The van der Waals surface area contributed by atoms with Crippen molar-refractivity contribution in [3.05, 3.63) is 47.5 Å². The summed E-state index contributed by atoms with van der Waals surface area (Å²) in [6.45, 7) is 2.87. The number of benzene rings is 1. The van der Waals surface area contributed by atoms with Crippen LogP contribution in [0.2, 0.25) is 0 Å². The molecular weight excluding hydrogens is 302 g/mol. The SMILES string of the molecule is Cc1cccc2[nH]c(CCC(=O)N3CCCC3c3ccn[nH]3)nc12. The maximum atomic E-state index is 12.7. The van der Waals surface area contributed by atoms with Gasteiger partial charge in [-0.2, -0.15) is 5.10 Å². The number of fused-ring (bicyclic) bond motifs is 1. The van der Waals surface area contributed by atoms with Crippen LogP contribution in [-0.4, -0.2) is 37.5 Å². The van der Waals surface area contributed by atoms with Gasteiger partial charge in [0.15, 0.2) is 0 Å². The van der Waals surface area contributed by atoms with Crippen molar-refractivity contribution in [3.8, 4) is 0 Å². The molecule has 1 aliphatic rings. The molecule has 1 aromatic carbocycles. The highest BCUT2D eigenvalue weighted by Crippen LogP contribution is 2.31. The first kappa shape index (κ1) is 14.9. The lowest BCUT2D eigenvalue weighted by molar-refractivity contribution is -0.132. The molecule has 0 radical (unpaired) electrons. The molecule has 0 bridgehead atoms. The molecule has 1 aliphatic heterocycles. The van der Waals surface area contributed by atoms with E-state index in [2.05, 4.69) is 33.2 Å². The van der Waals surface area contributed by atoms with Gasteiger partial charge in [-0.15, -0.1) is 0 Å². The van der Waals surface area contributed by atoms with Gasteiger partial charge in [0.25, 0.3) is 0 Å². The van der Waals surface area contributed by atoms with E-state index in [1.165, 1.54) is 0 Å². The minimum Gasteiger partial charge on any atom is -0.342 e. The number of hydrogen-bond donors (Lipinski definition) is 2. The standard InChI is InChI=1S/C18H21N5O/c1-12-4-2-5-14-18(12)21-16(20-14)7-8-17(24)23-11-3-6-15(23)13-9-10-19-22-13/h2,4-5,9-10,15H,3,6-8,11H2,1H3,(H,19,22)(H,20,21). The molecular formula is C18H21N5O. The third-order valence-corrected chi connectivity index (χ3v) is 4.79. The van der Waals surface area contributed by atoms with Crippen molar-refractivity contribution in [2.24, 2.45) is 0 Å². The molecule has 0 spiro atoms. The summed E-state index contributed by atoms with van der Waals surface area (Å²) >= 11 is 0. The lowest BCUT2D eigenvalue weighted by Gasteiger charge is -2.23. The Morgan fingerprint density at radius 1 is 1.38 bits per heavy atom. The molecule has 6 heteroatoms. The van der Waals surface area contributed by atoms with Gasteiger partial charge in [0.2, 0.25) is 5.91 Å². The first-order valence-electron chi connectivity index (χ1n) is 8.45. The number of H-pyrrole nitrogens is 2. The van der Waals surface area contributed by atoms with Crippen LogP contribution in [0.15, 0.2) is 30.5 Å². The summed E-state index contributed by atoms with van der Waals surface area (Å²) in [6.07, 6.45) is 4.90.